The monoisotopic (exact) mass is 321 g/mol. The number of hydrogen-bond donors (Lipinski definition) is 1. The number of hydrogen-bond acceptors (Lipinski definition) is 5. The summed E-state index contributed by atoms with van der Waals surface area (Å²) in [5, 5.41) is 2.94. The summed E-state index contributed by atoms with van der Waals surface area (Å²) in [4.78, 5) is 31.5. The number of allylic oxidation sites excluding steroid dienone is 1. The second-order valence-electron chi connectivity index (χ2n) is 5.73. The minimum atomic E-state index is -0.483. The van der Waals surface area contributed by atoms with Crippen LogP contribution in [0.2, 0.25) is 0 Å². The van der Waals surface area contributed by atoms with Crippen LogP contribution in [0.1, 0.15) is 36.4 Å². The van der Waals surface area contributed by atoms with Gasteiger partial charge in [-0.3, -0.25) is 4.90 Å². The fourth-order valence-corrected chi connectivity index (χ4v) is 3.58. The molecule has 2 aliphatic rings. The number of esters is 1. The Morgan fingerprint density at radius 3 is 2.77 bits per heavy atom. The van der Waals surface area contributed by atoms with Crippen LogP contribution < -0.4 is 5.32 Å². The van der Waals surface area contributed by atoms with Crippen molar-refractivity contribution in [2.45, 2.75) is 32.7 Å². The normalized spacial score (nSPS) is 21.9. The van der Waals surface area contributed by atoms with Gasteiger partial charge in [0.15, 0.2) is 0 Å². The van der Waals surface area contributed by atoms with E-state index < -0.39 is 12.0 Å². The predicted octanol–water partition coefficient (Wildman–Crippen LogP) is 2.37. The van der Waals surface area contributed by atoms with E-state index >= 15 is 0 Å². The minimum absolute atomic E-state index is 0.158. The Kier molecular flexibility index (Phi) is 3.90. The lowest BCUT2D eigenvalue weighted by Gasteiger charge is -2.34. The largest absolute Gasteiger partial charge is 0.466 e. The number of amides is 2. The van der Waals surface area contributed by atoms with Crippen LogP contribution in [0.3, 0.4) is 0 Å². The third-order valence-electron chi connectivity index (χ3n) is 4.18. The number of nitrogens with zero attached hydrogens (tertiary/aromatic N) is 2. The van der Waals surface area contributed by atoms with Crippen LogP contribution in [-0.2, 0) is 9.53 Å². The topological polar surface area (TPSA) is 71.5 Å². The highest BCUT2D eigenvalue weighted by atomic mass is 32.1. The SMILES string of the molecule is COC(=O)C1=C(C)N(CC2CC2)C(=O)N[C@H]1c1scnc1C. The first-order valence-electron chi connectivity index (χ1n) is 7.30. The summed E-state index contributed by atoms with van der Waals surface area (Å²) >= 11 is 1.43. The molecule has 0 saturated heterocycles. The van der Waals surface area contributed by atoms with Gasteiger partial charge in [0.1, 0.15) is 6.04 Å². The molecule has 22 heavy (non-hydrogen) atoms. The average molecular weight is 321 g/mol. The maximum atomic E-state index is 12.5. The zero-order valence-corrected chi connectivity index (χ0v) is 13.7. The highest BCUT2D eigenvalue weighted by Crippen LogP contribution is 2.37. The van der Waals surface area contributed by atoms with Crippen LogP contribution >= 0.6 is 11.3 Å². The van der Waals surface area contributed by atoms with Crippen molar-refractivity contribution in [1.82, 2.24) is 15.2 Å². The van der Waals surface area contributed by atoms with Gasteiger partial charge in [-0.1, -0.05) is 0 Å². The van der Waals surface area contributed by atoms with E-state index in [1.165, 1.54) is 18.4 Å². The van der Waals surface area contributed by atoms with Crippen LogP contribution in [0.4, 0.5) is 4.79 Å². The van der Waals surface area contributed by atoms with Crippen molar-refractivity contribution in [1.29, 1.82) is 0 Å². The zero-order chi connectivity index (χ0) is 15.9. The first-order valence-corrected chi connectivity index (χ1v) is 8.18. The second-order valence-corrected chi connectivity index (χ2v) is 6.62. The van der Waals surface area contributed by atoms with Crippen molar-refractivity contribution in [3.63, 3.8) is 0 Å². The summed E-state index contributed by atoms with van der Waals surface area (Å²) in [7, 11) is 1.36. The van der Waals surface area contributed by atoms with Crippen molar-refractivity contribution >= 4 is 23.3 Å². The van der Waals surface area contributed by atoms with Gasteiger partial charge in [-0.05, 0) is 32.6 Å². The van der Waals surface area contributed by atoms with Gasteiger partial charge in [-0.25, -0.2) is 14.6 Å². The van der Waals surface area contributed by atoms with E-state index in [9.17, 15) is 9.59 Å². The number of ether oxygens (including phenoxy) is 1. The van der Waals surface area contributed by atoms with Crippen molar-refractivity contribution in [2.24, 2.45) is 5.92 Å². The maximum absolute atomic E-state index is 12.5. The van der Waals surface area contributed by atoms with Crippen molar-refractivity contribution in [3.8, 4) is 0 Å². The van der Waals surface area contributed by atoms with Gasteiger partial charge in [0, 0.05) is 12.2 Å². The fourth-order valence-electron chi connectivity index (χ4n) is 2.72. The number of methoxy groups -OCH3 is 1. The summed E-state index contributed by atoms with van der Waals surface area (Å²) in [5.41, 5.74) is 3.72. The highest BCUT2D eigenvalue weighted by Gasteiger charge is 2.39. The molecule has 1 fully saturated rings. The van der Waals surface area contributed by atoms with E-state index in [4.69, 9.17) is 4.74 Å². The maximum Gasteiger partial charge on any atom is 0.338 e. The van der Waals surface area contributed by atoms with Gasteiger partial charge in [-0.2, -0.15) is 0 Å². The average Bonchev–Trinajstić information content (AvgIpc) is 3.22. The molecule has 0 unspecified atom stereocenters. The van der Waals surface area contributed by atoms with Crippen LogP contribution in [0.25, 0.3) is 0 Å². The van der Waals surface area contributed by atoms with E-state index in [2.05, 4.69) is 10.3 Å². The number of urea groups is 1. The third kappa shape index (κ3) is 2.61. The molecule has 118 valence electrons. The first-order chi connectivity index (χ1) is 10.5. The van der Waals surface area contributed by atoms with Crippen molar-refractivity contribution in [2.75, 3.05) is 13.7 Å². The molecule has 1 aliphatic carbocycles. The Morgan fingerprint density at radius 1 is 1.50 bits per heavy atom. The molecule has 1 aliphatic heterocycles. The predicted molar refractivity (Wildman–Crippen MR) is 82.3 cm³/mol. The molecule has 2 heterocycles. The molecule has 1 atom stereocenters. The van der Waals surface area contributed by atoms with Crippen LogP contribution in [0, 0.1) is 12.8 Å². The van der Waals surface area contributed by atoms with E-state index in [0.29, 0.717) is 23.7 Å². The number of aryl methyl sites for hydroxylation is 1. The minimum Gasteiger partial charge on any atom is -0.466 e. The number of carbonyl (C=O) groups is 2. The van der Waals surface area contributed by atoms with Crippen LogP contribution in [0.5, 0.6) is 0 Å². The van der Waals surface area contributed by atoms with Gasteiger partial charge in [0.2, 0.25) is 0 Å². The van der Waals surface area contributed by atoms with Crippen molar-refractivity contribution in [3.05, 3.63) is 27.4 Å². The summed E-state index contributed by atoms with van der Waals surface area (Å²) in [6.07, 6.45) is 2.28. The molecule has 0 radical (unpaired) electrons. The first kappa shape index (κ1) is 15.0. The summed E-state index contributed by atoms with van der Waals surface area (Å²) in [6.45, 7) is 4.35. The Hall–Kier alpha value is -1.89. The molecule has 1 saturated carbocycles. The Balaban J connectivity index is 2.02. The lowest BCUT2D eigenvalue weighted by atomic mass is 9.99. The molecule has 0 spiro atoms. The van der Waals surface area contributed by atoms with Gasteiger partial charge in [0.05, 0.1) is 28.8 Å². The zero-order valence-electron chi connectivity index (χ0n) is 12.9. The lowest BCUT2D eigenvalue weighted by Crippen LogP contribution is -2.48. The number of thiazole rings is 1. The van der Waals surface area contributed by atoms with E-state index in [1.54, 1.807) is 10.4 Å². The van der Waals surface area contributed by atoms with Gasteiger partial charge in [-0.15, -0.1) is 11.3 Å². The van der Waals surface area contributed by atoms with Crippen LogP contribution in [-0.4, -0.2) is 35.5 Å². The van der Waals surface area contributed by atoms with E-state index in [-0.39, 0.29) is 6.03 Å². The molecule has 7 heteroatoms. The Morgan fingerprint density at radius 2 is 2.23 bits per heavy atom. The van der Waals surface area contributed by atoms with E-state index in [1.807, 2.05) is 13.8 Å². The number of rotatable bonds is 4. The molecular weight excluding hydrogens is 302 g/mol. The molecule has 1 aromatic rings. The summed E-state index contributed by atoms with van der Waals surface area (Å²) in [6, 6.07) is -0.641. The molecule has 1 N–H and O–H groups in total. The third-order valence-corrected chi connectivity index (χ3v) is 5.18. The Labute approximate surface area is 133 Å². The summed E-state index contributed by atoms with van der Waals surface area (Å²) in [5.74, 6) is 0.136. The molecule has 3 rings (SSSR count). The molecule has 2 amide bonds. The Bertz CT molecular complexity index is 648. The van der Waals surface area contributed by atoms with E-state index in [0.717, 1.165) is 23.4 Å². The number of carbonyl (C=O) groups excluding carboxylic acids is 2. The standard InChI is InChI=1S/C15H19N3O3S/c1-8-13(22-7-16-8)12-11(14(19)21-3)9(2)18(15(20)17-12)6-10-4-5-10/h7,10,12H,4-6H2,1-3H3,(H,17,20)/t12-/m1/s1. The fraction of sp³-hybridized carbons (Fsp3) is 0.533. The number of aromatic nitrogens is 1. The number of nitrogens with one attached hydrogen (secondary N) is 1. The van der Waals surface area contributed by atoms with Gasteiger partial charge >= 0.3 is 12.0 Å². The molecule has 6 nitrogen and oxygen atoms in total. The lowest BCUT2D eigenvalue weighted by molar-refractivity contribution is -0.136. The smallest absolute Gasteiger partial charge is 0.338 e. The van der Waals surface area contributed by atoms with Gasteiger partial charge in [0.25, 0.3) is 0 Å². The quantitative estimate of drug-likeness (QED) is 0.864. The second kappa shape index (κ2) is 5.72. The molecule has 0 aromatic carbocycles. The summed E-state index contributed by atoms with van der Waals surface area (Å²) < 4.78 is 4.94. The van der Waals surface area contributed by atoms with Gasteiger partial charge < -0.3 is 10.1 Å². The highest BCUT2D eigenvalue weighted by molar-refractivity contribution is 7.09. The molecular formula is C15H19N3O3S. The molecule has 0 bridgehead atoms. The molecule has 1 aromatic heterocycles. The van der Waals surface area contributed by atoms with Crippen molar-refractivity contribution < 1.29 is 14.3 Å². The van der Waals surface area contributed by atoms with Crippen LogP contribution in [0.15, 0.2) is 16.8 Å².